The van der Waals surface area contributed by atoms with Gasteiger partial charge in [-0.3, -0.25) is 9.10 Å². The van der Waals surface area contributed by atoms with E-state index < -0.39 is 15.9 Å². The molecule has 0 aliphatic rings. The summed E-state index contributed by atoms with van der Waals surface area (Å²) in [6.45, 7) is 1.81. The number of carbonyl (C=O) groups is 1. The first-order chi connectivity index (χ1) is 18.1. The minimum atomic E-state index is -4.08. The van der Waals surface area contributed by atoms with Gasteiger partial charge in [0.15, 0.2) is 0 Å². The maximum Gasteiger partial charge on any atom is 0.273 e. The third-order valence-electron chi connectivity index (χ3n) is 5.65. The SMILES string of the molecule is Cc1ccc(S(=O)(=O)N(Cc2ccc(Cl)cc2)c2ccccc2C(=O)N/N=C/c2ccc(O)cc2O)cc1. The number of rotatable bonds is 8. The normalized spacial score (nSPS) is 11.4. The van der Waals surface area contributed by atoms with E-state index in [0.29, 0.717) is 10.6 Å². The van der Waals surface area contributed by atoms with Crippen molar-refractivity contribution in [2.24, 2.45) is 5.10 Å². The molecule has 4 aromatic carbocycles. The van der Waals surface area contributed by atoms with E-state index in [1.807, 2.05) is 6.92 Å². The van der Waals surface area contributed by atoms with E-state index in [4.69, 9.17) is 11.6 Å². The summed E-state index contributed by atoms with van der Waals surface area (Å²) in [5, 5.41) is 23.7. The molecule has 0 bridgehead atoms. The van der Waals surface area contributed by atoms with Crippen molar-refractivity contribution in [2.75, 3.05) is 4.31 Å². The maximum atomic E-state index is 13.8. The average molecular weight is 550 g/mol. The number of anilines is 1. The predicted octanol–water partition coefficient (Wildman–Crippen LogP) is 5.22. The first-order valence-corrected chi connectivity index (χ1v) is 13.3. The number of hydrazone groups is 1. The highest BCUT2D eigenvalue weighted by Crippen LogP contribution is 2.30. The minimum Gasteiger partial charge on any atom is -0.508 e. The lowest BCUT2D eigenvalue weighted by molar-refractivity contribution is 0.0955. The van der Waals surface area contributed by atoms with E-state index in [0.717, 1.165) is 11.6 Å². The van der Waals surface area contributed by atoms with Crippen molar-refractivity contribution in [1.29, 1.82) is 0 Å². The number of carbonyl (C=O) groups excluding carboxylic acids is 1. The molecule has 0 aromatic heterocycles. The van der Waals surface area contributed by atoms with Crippen LogP contribution in [0.5, 0.6) is 11.5 Å². The van der Waals surface area contributed by atoms with Crippen molar-refractivity contribution in [3.05, 3.63) is 118 Å². The Morgan fingerprint density at radius 3 is 2.34 bits per heavy atom. The monoisotopic (exact) mass is 549 g/mol. The molecule has 0 fully saturated rings. The number of benzene rings is 4. The van der Waals surface area contributed by atoms with Crippen LogP contribution in [0.1, 0.15) is 27.0 Å². The number of aryl methyl sites for hydroxylation is 1. The molecule has 0 unspecified atom stereocenters. The van der Waals surface area contributed by atoms with Gasteiger partial charge in [-0.15, -0.1) is 0 Å². The number of amides is 1. The van der Waals surface area contributed by atoms with Crippen molar-refractivity contribution < 1.29 is 23.4 Å². The standard InChI is InChI=1S/C28H24ClN3O5S/c1-19-6-14-24(15-7-19)38(36,37)32(18-20-8-11-22(29)12-9-20)26-5-3-2-4-25(26)28(35)31-30-17-21-10-13-23(33)16-27(21)34/h2-17,33-34H,18H2,1H3,(H,31,35)/b30-17+. The van der Waals surface area contributed by atoms with Crippen LogP contribution >= 0.6 is 11.6 Å². The first-order valence-electron chi connectivity index (χ1n) is 11.4. The smallest absolute Gasteiger partial charge is 0.273 e. The summed E-state index contributed by atoms with van der Waals surface area (Å²) in [6.07, 6.45) is 1.21. The predicted molar refractivity (Wildman–Crippen MR) is 147 cm³/mol. The van der Waals surface area contributed by atoms with Crippen molar-refractivity contribution in [2.45, 2.75) is 18.4 Å². The fourth-order valence-electron chi connectivity index (χ4n) is 3.64. The third kappa shape index (κ3) is 6.13. The number of para-hydroxylation sites is 1. The minimum absolute atomic E-state index is 0.0533. The molecule has 0 atom stereocenters. The fourth-order valence-corrected chi connectivity index (χ4v) is 5.24. The maximum absolute atomic E-state index is 13.8. The zero-order chi connectivity index (χ0) is 27.3. The summed E-state index contributed by atoms with van der Waals surface area (Å²) < 4.78 is 28.9. The highest BCUT2D eigenvalue weighted by molar-refractivity contribution is 7.92. The molecule has 0 radical (unpaired) electrons. The second-order valence-electron chi connectivity index (χ2n) is 8.41. The summed E-state index contributed by atoms with van der Waals surface area (Å²) in [4.78, 5) is 13.2. The van der Waals surface area contributed by atoms with Crippen LogP contribution in [0.4, 0.5) is 5.69 Å². The second-order valence-corrected chi connectivity index (χ2v) is 10.7. The Hall–Kier alpha value is -4.34. The molecule has 8 nitrogen and oxygen atoms in total. The van der Waals surface area contributed by atoms with Crippen molar-refractivity contribution >= 4 is 39.4 Å². The van der Waals surface area contributed by atoms with Gasteiger partial charge in [-0.2, -0.15) is 5.10 Å². The molecule has 4 aromatic rings. The summed E-state index contributed by atoms with van der Waals surface area (Å²) in [5.74, 6) is -0.995. The molecular weight excluding hydrogens is 526 g/mol. The van der Waals surface area contributed by atoms with E-state index in [2.05, 4.69) is 10.5 Å². The molecule has 0 saturated heterocycles. The lowest BCUT2D eigenvalue weighted by Crippen LogP contribution is -2.33. The number of sulfonamides is 1. The molecule has 4 rings (SSSR count). The molecule has 10 heteroatoms. The van der Waals surface area contributed by atoms with Crippen LogP contribution in [0.2, 0.25) is 5.02 Å². The van der Waals surface area contributed by atoms with Gasteiger partial charge in [0.25, 0.3) is 15.9 Å². The quantitative estimate of drug-likeness (QED) is 0.206. The van der Waals surface area contributed by atoms with Crippen LogP contribution in [-0.4, -0.2) is 30.8 Å². The van der Waals surface area contributed by atoms with Crippen LogP contribution < -0.4 is 9.73 Å². The Morgan fingerprint density at radius 1 is 0.974 bits per heavy atom. The Labute approximate surface area is 225 Å². The van der Waals surface area contributed by atoms with E-state index >= 15 is 0 Å². The molecular formula is C28H24ClN3O5S. The van der Waals surface area contributed by atoms with Gasteiger partial charge in [-0.05, 0) is 61.0 Å². The molecule has 0 saturated carbocycles. The Balaban J connectivity index is 1.71. The number of halogens is 1. The van der Waals surface area contributed by atoms with E-state index in [9.17, 15) is 23.4 Å². The van der Waals surface area contributed by atoms with E-state index in [-0.39, 0.29) is 39.8 Å². The van der Waals surface area contributed by atoms with Gasteiger partial charge in [0.1, 0.15) is 11.5 Å². The molecule has 0 spiro atoms. The number of nitrogens with one attached hydrogen (secondary N) is 1. The van der Waals surface area contributed by atoms with Gasteiger partial charge in [0.05, 0.1) is 28.9 Å². The summed E-state index contributed by atoms with van der Waals surface area (Å²) in [6, 6.07) is 23.5. The fraction of sp³-hybridized carbons (Fsp3) is 0.0714. The number of phenols is 2. The summed E-state index contributed by atoms with van der Waals surface area (Å²) >= 11 is 6.02. The first kappa shape index (κ1) is 26.7. The highest BCUT2D eigenvalue weighted by atomic mass is 35.5. The number of hydrogen-bond acceptors (Lipinski definition) is 6. The van der Waals surface area contributed by atoms with Crippen molar-refractivity contribution in [3.8, 4) is 11.5 Å². The largest absolute Gasteiger partial charge is 0.508 e. The second kappa shape index (κ2) is 11.4. The Bertz CT molecular complexity index is 1590. The molecule has 194 valence electrons. The molecule has 0 heterocycles. The van der Waals surface area contributed by atoms with Crippen LogP contribution in [0.3, 0.4) is 0 Å². The van der Waals surface area contributed by atoms with Crippen molar-refractivity contribution in [3.63, 3.8) is 0 Å². The lowest BCUT2D eigenvalue weighted by atomic mass is 10.1. The molecule has 0 aliphatic carbocycles. The topological polar surface area (TPSA) is 119 Å². The van der Waals surface area contributed by atoms with Crippen molar-refractivity contribution in [1.82, 2.24) is 5.43 Å². The van der Waals surface area contributed by atoms with Gasteiger partial charge < -0.3 is 10.2 Å². The van der Waals surface area contributed by atoms with Crippen LogP contribution in [0.15, 0.2) is 101 Å². The average Bonchev–Trinajstić information content (AvgIpc) is 2.89. The summed E-state index contributed by atoms with van der Waals surface area (Å²) in [7, 11) is -4.08. The number of aromatic hydroxyl groups is 2. The summed E-state index contributed by atoms with van der Waals surface area (Å²) in [5.41, 5.74) is 4.44. The molecule has 38 heavy (non-hydrogen) atoms. The lowest BCUT2D eigenvalue weighted by Gasteiger charge is -2.26. The Kier molecular flexibility index (Phi) is 7.99. The van der Waals surface area contributed by atoms with E-state index in [1.165, 1.54) is 40.9 Å². The van der Waals surface area contributed by atoms with Crippen LogP contribution in [0, 0.1) is 6.92 Å². The zero-order valence-electron chi connectivity index (χ0n) is 20.2. The van der Waals surface area contributed by atoms with E-state index in [1.54, 1.807) is 54.6 Å². The molecule has 1 amide bonds. The highest BCUT2D eigenvalue weighted by Gasteiger charge is 2.28. The molecule has 0 aliphatic heterocycles. The number of phenolic OH excluding ortho intramolecular Hbond substituents is 2. The van der Waals surface area contributed by atoms with Gasteiger partial charge >= 0.3 is 0 Å². The number of hydrogen-bond donors (Lipinski definition) is 3. The van der Waals surface area contributed by atoms with Gasteiger partial charge in [0, 0.05) is 16.7 Å². The zero-order valence-corrected chi connectivity index (χ0v) is 21.8. The van der Waals surface area contributed by atoms with Gasteiger partial charge in [-0.1, -0.05) is 53.6 Å². The van der Waals surface area contributed by atoms with Crippen LogP contribution in [-0.2, 0) is 16.6 Å². The van der Waals surface area contributed by atoms with Gasteiger partial charge in [-0.25, -0.2) is 13.8 Å². The third-order valence-corrected chi connectivity index (χ3v) is 7.68. The van der Waals surface area contributed by atoms with Crippen LogP contribution in [0.25, 0.3) is 0 Å². The van der Waals surface area contributed by atoms with Gasteiger partial charge in [0.2, 0.25) is 0 Å². The number of nitrogens with zero attached hydrogens (tertiary/aromatic N) is 2. The molecule has 3 N–H and O–H groups in total. The Morgan fingerprint density at radius 2 is 1.66 bits per heavy atom.